The molecule has 7 aliphatic rings. The number of aliphatic hydroxyl groups is 26. The Hall–Kier alpha value is -2.13. The first kappa shape index (κ1) is 77.2. The van der Waals surface area contributed by atoms with Crippen LogP contribution >= 0.6 is 0 Å². The SMILES string of the molecule is CC(=O)N[C@H]1[C@H](OC[C@H]2O[C@@H](O[C@@H]([C@H](O[C@H]3O[C@H](CO)[C@H](O)[C@H](O)[C@H]3O)[C@@H](O)CO)[C@H](O)CO)[C@H](O)[C@@H](O)[C@H]2O)O[C@H](CO)[C@@H](O[C@@H]2O[C@H](CO)[C@H](O)[C@H](O)[C@H]2O)[C@@H]1O[C@@H]1O[C@H](CO[C@@H]2O[C@H](CO)[C@@H](O)[C@H](O[C@H]3O[C@H](CO)[C@H](O)[C@H](O)[C@H]3O)[C@H]2O)[C@H](O)[C@H](O)[C@H]1O. The Morgan fingerprint density at radius 2 is 0.630 bits per heavy atom. The zero-order chi connectivity index (χ0) is 68.1. The standard InChI is InChI=1S/C50H87NO41/c1-11(59)51-21-42(91-50-37(77)32(72)26(66)20(87-50)10-80-45-38(78)43(27(67)17(7-57)81-45)92-48-35(75)30(70)24(64)16(6-56)84-48)41(90-47-34(74)29(69)23(63)15(5-55)83-47)18(8-58)85-44(21)79-9-19-25(65)31(71)36(76)49(86-19)89-40(13(61)3-53)39(12(60)2-52)88-46-33(73)28(68)22(62)14(4-54)82-46/h12-50,52-58,60-78H,2-10H2,1H3,(H,51,59)/t12-,13+,14+,15+,16+,17+,18+,19+,20+,21+,22-,23-,24-,25-,26-,27+,28-,29-,30-,31-,32-,33+,34+,35+,36+,37+,38+,39+,40+,41+,42+,43-,44+,45+,46+,47-,48+,49-,50-/m0/s1. The van der Waals surface area contributed by atoms with Gasteiger partial charge in [-0.05, 0) is 0 Å². The second kappa shape index (κ2) is 34.1. The van der Waals surface area contributed by atoms with Gasteiger partial charge in [-0.15, -0.1) is 0 Å². The average Bonchev–Trinajstić information content (AvgIpc) is 0.781. The first-order chi connectivity index (χ1) is 43.5. The van der Waals surface area contributed by atoms with Crippen LogP contribution in [0.15, 0.2) is 0 Å². The number of hydrogen-bond donors (Lipinski definition) is 27. The van der Waals surface area contributed by atoms with Crippen LogP contribution in [0.25, 0.3) is 0 Å². The van der Waals surface area contributed by atoms with E-state index >= 15 is 0 Å². The summed E-state index contributed by atoms with van der Waals surface area (Å²) in [6.07, 6.45) is -78.1. The van der Waals surface area contributed by atoms with Crippen molar-refractivity contribution >= 4 is 5.91 Å². The van der Waals surface area contributed by atoms with Gasteiger partial charge in [0, 0.05) is 6.92 Å². The summed E-state index contributed by atoms with van der Waals surface area (Å²) >= 11 is 0. The lowest BCUT2D eigenvalue weighted by molar-refractivity contribution is -0.383. The predicted octanol–water partition coefficient (Wildman–Crippen LogP) is -18.7. The third-order valence-corrected chi connectivity index (χ3v) is 16.7. The Morgan fingerprint density at radius 3 is 1.01 bits per heavy atom. The lowest BCUT2D eigenvalue weighted by atomic mass is 9.94. The topological polar surface area (TPSA) is 684 Å². The first-order valence-corrected chi connectivity index (χ1v) is 29.1. The number of rotatable bonds is 27. The van der Waals surface area contributed by atoms with Crippen LogP contribution in [0.1, 0.15) is 6.92 Å². The maximum Gasteiger partial charge on any atom is 0.217 e. The molecule has 7 rings (SSSR count). The fourth-order valence-electron chi connectivity index (χ4n) is 11.3. The van der Waals surface area contributed by atoms with E-state index in [9.17, 15) is 138 Å². The quantitative estimate of drug-likeness (QED) is 0.0363. The number of amides is 1. The van der Waals surface area contributed by atoms with Crippen LogP contribution in [-0.4, -0.2) is 437 Å². The molecule has 0 aliphatic carbocycles. The van der Waals surface area contributed by atoms with Crippen molar-refractivity contribution in [2.45, 2.75) is 246 Å². The van der Waals surface area contributed by atoms with Gasteiger partial charge in [-0.3, -0.25) is 4.79 Å². The molecule has 0 bridgehead atoms. The van der Waals surface area contributed by atoms with Gasteiger partial charge in [0.05, 0.1) is 59.5 Å². The van der Waals surface area contributed by atoms with E-state index in [1.807, 2.05) is 0 Å². The molecule has 0 radical (unpaired) electrons. The summed E-state index contributed by atoms with van der Waals surface area (Å²) in [6, 6.07) is -1.94. The number of ether oxygens (including phenoxy) is 14. The van der Waals surface area contributed by atoms with Gasteiger partial charge >= 0.3 is 0 Å². The number of carbonyl (C=O) groups is 1. The molecule has 0 aromatic rings. The van der Waals surface area contributed by atoms with Crippen LogP contribution in [0, 0.1) is 0 Å². The van der Waals surface area contributed by atoms with Crippen molar-refractivity contribution in [3.63, 3.8) is 0 Å². The normalized spacial score (nSPS) is 48.5. The minimum Gasteiger partial charge on any atom is -0.394 e. The summed E-state index contributed by atoms with van der Waals surface area (Å²) in [7, 11) is 0. The summed E-state index contributed by atoms with van der Waals surface area (Å²) in [5, 5.41) is 280. The molecular formula is C50H87NO41. The van der Waals surface area contributed by atoms with Crippen LogP contribution < -0.4 is 5.32 Å². The van der Waals surface area contributed by atoms with Gasteiger partial charge in [-0.2, -0.15) is 0 Å². The zero-order valence-corrected chi connectivity index (χ0v) is 48.6. The van der Waals surface area contributed by atoms with Gasteiger partial charge in [-0.1, -0.05) is 0 Å². The predicted molar refractivity (Wildman–Crippen MR) is 278 cm³/mol. The molecule has 0 aromatic carbocycles. The summed E-state index contributed by atoms with van der Waals surface area (Å²) in [5.74, 6) is -0.979. The molecule has 538 valence electrons. The number of carbonyl (C=O) groups excluding carboxylic acids is 1. The van der Waals surface area contributed by atoms with Crippen LogP contribution in [-0.2, 0) is 71.1 Å². The fraction of sp³-hybridized carbons (Fsp3) is 0.980. The highest BCUT2D eigenvalue weighted by molar-refractivity contribution is 5.73. The van der Waals surface area contributed by atoms with Gasteiger partial charge in [0.1, 0.15) is 195 Å². The van der Waals surface area contributed by atoms with Crippen molar-refractivity contribution in [3.05, 3.63) is 0 Å². The van der Waals surface area contributed by atoms with E-state index in [1.165, 1.54) is 0 Å². The average molecular weight is 1360 g/mol. The minimum absolute atomic E-state index is 0.905. The number of nitrogens with one attached hydrogen (secondary N) is 1. The van der Waals surface area contributed by atoms with Crippen molar-refractivity contribution in [3.8, 4) is 0 Å². The maximum atomic E-state index is 13.2. The van der Waals surface area contributed by atoms with E-state index in [0.717, 1.165) is 6.92 Å². The van der Waals surface area contributed by atoms with E-state index in [4.69, 9.17) is 66.3 Å². The van der Waals surface area contributed by atoms with Crippen LogP contribution in [0.5, 0.6) is 0 Å². The summed E-state index contributed by atoms with van der Waals surface area (Å²) in [5.41, 5.74) is 0. The molecule has 7 heterocycles. The summed E-state index contributed by atoms with van der Waals surface area (Å²) < 4.78 is 80.3. The Bertz CT molecular complexity index is 2210. The highest BCUT2D eigenvalue weighted by Crippen LogP contribution is 2.37. The van der Waals surface area contributed by atoms with Gasteiger partial charge < -0.3 is 204 Å². The first-order valence-electron chi connectivity index (χ1n) is 29.1. The van der Waals surface area contributed by atoms with Crippen molar-refractivity contribution in [1.82, 2.24) is 5.32 Å². The molecule has 0 spiro atoms. The molecule has 42 heteroatoms. The molecule has 42 nitrogen and oxygen atoms in total. The largest absolute Gasteiger partial charge is 0.394 e. The maximum absolute atomic E-state index is 13.2. The second-order valence-corrected chi connectivity index (χ2v) is 22.9. The Kier molecular flexibility index (Phi) is 28.6. The summed E-state index contributed by atoms with van der Waals surface area (Å²) in [6.45, 7) is -8.71. The third kappa shape index (κ3) is 16.9. The van der Waals surface area contributed by atoms with E-state index < -0.39 is 305 Å². The number of aliphatic hydroxyl groups excluding tert-OH is 26. The fourth-order valence-corrected chi connectivity index (χ4v) is 11.3. The molecule has 7 saturated heterocycles. The molecule has 27 N–H and O–H groups in total. The van der Waals surface area contributed by atoms with Crippen LogP contribution in [0.2, 0.25) is 0 Å². The molecule has 1 amide bonds. The third-order valence-electron chi connectivity index (χ3n) is 16.7. The molecule has 0 saturated carbocycles. The molecule has 0 aromatic heterocycles. The highest BCUT2D eigenvalue weighted by Gasteiger charge is 2.58. The van der Waals surface area contributed by atoms with Gasteiger partial charge in [-0.25, -0.2) is 0 Å². The summed E-state index contributed by atoms with van der Waals surface area (Å²) in [4.78, 5) is 13.2. The zero-order valence-electron chi connectivity index (χ0n) is 48.6. The van der Waals surface area contributed by atoms with E-state index in [0.29, 0.717) is 0 Å². The second-order valence-electron chi connectivity index (χ2n) is 22.9. The Balaban J connectivity index is 1.15. The van der Waals surface area contributed by atoms with Crippen LogP contribution in [0.4, 0.5) is 0 Å². The Labute approximate surface area is 520 Å². The van der Waals surface area contributed by atoms with E-state index in [2.05, 4.69) is 5.32 Å². The van der Waals surface area contributed by atoms with Gasteiger partial charge in [0.25, 0.3) is 0 Å². The van der Waals surface area contributed by atoms with Gasteiger partial charge in [0.2, 0.25) is 5.91 Å². The van der Waals surface area contributed by atoms with Crippen LogP contribution in [0.3, 0.4) is 0 Å². The molecule has 7 aliphatic heterocycles. The molecule has 39 atom stereocenters. The van der Waals surface area contributed by atoms with Crippen molar-refractivity contribution in [1.29, 1.82) is 0 Å². The molecular weight excluding hydrogens is 1270 g/mol. The molecule has 0 unspecified atom stereocenters. The van der Waals surface area contributed by atoms with Crippen molar-refractivity contribution in [2.24, 2.45) is 0 Å². The van der Waals surface area contributed by atoms with Gasteiger partial charge in [0.15, 0.2) is 44.0 Å². The monoisotopic (exact) mass is 1360 g/mol. The lowest BCUT2D eigenvalue weighted by Crippen LogP contribution is -2.70. The minimum atomic E-state index is -2.35. The highest BCUT2D eigenvalue weighted by atomic mass is 16.8. The van der Waals surface area contributed by atoms with Crippen molar-refractivity contribution in [2.75, 3.05) is 59.5 Å². The number of hydrogen-bond acceptors (Lipinski definition) is 41. The van der Waals surface area contributed by atoms with E-state index in [-0.39, 0.29) is 0 Å². The van der Waals surface area contributed by atoms with Crippen molar-refractivity contribution < 1.29 is 204 Å². The van der Waals surface area contributed by atoms with E-state index in [1.54, 1.807) is 0 Å². The molecule has 92 heavy (non-hydrogen) atoms. The Morgan fingerprint density at radius 1 is 0.337 bits per heavy atom. The smallest absolute Gasteiger partial charge is 0.217 e. The lowest BCUT2D eigenvalue weighted by Gasteiger charge is -2.50. The molecule has 7 fully saturated rings.